The van der Waals surface area contributed by atoms with E-state index in [2.05, 4.69) is 18.2 Å². The van der Waals surface area contributed by atoms with Crippen molar-refractivity contribution in [3.8, 4) is 0 Å². The molecular formula is C22H26N2O3S. The predicted molar refractivity (Wildman–Crippen MR) is 111 cm³/mol. The molecule has 2 aromatic carbocycles. The van der Waals surface area contributed by atoms with Gasteiger partial charge in [0.05, 0.1) is 4.90 Å². The van der Waals surface area contributed by atoms with Crippen LogP contribution in [0.2, 0.25) is 0 Å². The summed E-state index contributed by atoms with van der Waals surface area (Å²) in [5, 5.41) is 0. The fourth-order valence-corrected chi connectivity index (χ4v) is 4.96. The molecule has 0 radical (unpaired) electrons. The summed E-state index contributed by atoms with van der Waals surface area (Å²) in [5.41, 5.74) is 2.83. The molecule has 3 rings (SSSR count). The Balaban J connectivity index is 1.78. The normalized spacial score (nSPS) is 14.8. The van der Waals surface area contributed by atoms with Crippen molar-refractivity contribution in [2.45, 2.75) is 25.2 Å². The van der Waals surface area contributed by atoms with E-state index < -0.39 is 10.0 Å². The average molecular weight is 399 g/mol. The first-order valence-corrected chi connectivity index (χ1v) is 11.0. The molecule has 1 aliphatic rings. The maximum absolute atomic E-state index is 12.9. The van der Waals surface area contributed by atoms with Crippen LogP contribution in [0.4, 0.5) is 0 Å². The van der Waals surface area contributed by atoms with Crippen LogP contribution in [0.1, 0.15) is 36.2 Å². The molecule has 0 spiro atoms. The molecule has 0 unspecified atom stereocenters. The Morgan fingerprint density at radius 2 is 1.75 bits per heavy atom. The lowest BCUT2D eigenvalue weighted by atomic mass is 9.99. The number of sulfonamides is 1. The van der Waals surface area contributed by atoms with Crippen molar-refractivity contribution in [1.82, 2.24) is 9.21 Å². The quantitative estimate of drug-likeness (QED) is 0.746. The molecule has 1 heterocycles. The van der Waals surface area contributed by atoms with Gasteiger partial charge in [0.1, 0.15) is 0 Å². The Morgan fingerprint density at radius 1 is 1.04 bits per heavy atom. The van der Waals surface area contributed by atoms with Crippen molar-refractivity contribution in [3.63, 3.8) is 0 Å². The van der Waals surface area contributed by atoms with Gasteiger partial charge >= 0.3 is 0 Å². The van der Waals surface area contributed by atoms with Crippen molar-refractivity contribution >= 4 is 21.5 Å². The number of hydrogen-bond donors (Lipinski definition) is 0. The van der Waals surface area contributed by atoms with Gasteiger partial charge in [0.25, 0.3) is 5.91 Å². The van der Waals surface area contributed by atoms with Gasteiger partial charge in [-0.1, -0.05) is 56.3 Å². The minimum absolute atomic E-state index is 0.139. The Labute approximate surface area is 167 Å². The van der Waals surface area contributed by atoms with Gasteiger partial charge in [0.2, 0.25) is 10.0 Å². The Hall–Kier alpha value is -2.44. The first-order valence-electron chi connectivity index (χ1n) is 9.61. The molecule has 0 aromatic heterocycles. The van der Waals surface area contributed by atoms with Crippen LogP contribution < -0.4 is 0 Å². The smallest absolute Gasteiger partial charge is 0.254 e. The van der Waals surface area contributed by atoms with E-state index in [1.807, 2.05) is 18.2 Å². The first kappa shape index (κ1) is 20.3. The molecule has 0 fully saturated rings. The van der Waals surface area contributed by atoms with Crippen LogP contribution in [0.3, 0.4) is 0 Å². The lowest BCUT2D eigenvalue weighted by Gasteiger charge is -2.27. The zero-order valence-corrected chi connectivity index (χ0v) is 17.2. The van der Waals surface area contributed by atoms with E-state index in [0.717, 1.165) is 6.42 Å². The number of nitrogens with zero attached hydrogens (tertiary/aromatic N) is 2. The molecule has 2 aromatic rings. The third-order valence-electron chi connectivity index (χ3n) is 5.07. The molecule has 0 saturated carbocycles. The number of carbonyl (C=O) groups is 1. The van der Waals surface area contributed by atoms with Crippen molar-refractivity contribution in [1.29, 1.82) is 0 Å². The van der Waals surface area contributed by atoms with Crippen LogP contribution in [0.25, 0.3) is 5.57 Å². The second kappa shape index (κ2) is 8.71. The van der Waals surface area contributed by atoms with Gasteiger partial charge in [-0.3, -0.25) is 4.79 Å². The number of carbonyl (C=O) groups excluding carboxylic acids is 1. The fourth-order valence-electron chi connectivity index (χ4n) is 3.45. The molecule has 0 N–H and O–H groups in total. The van der Waals surface area contributed by atoms with Crippen molar-refractivity contribution in [3.05, 3.63) is 71.8 Å². The number of rotatable bonds is 6. The van der Waals surface area contributed by atoms with Crippen LogP contribution in [0.5, 0.6) is 0 Å². The highest BCUT2D eigenvalue weighted by atomic mass is 32.2. The van der Waals surface area contributed by atoms with Crippen molar-refractivity contribution < 1.29 is 13.2 Å². The topological polar surface area (TPSA) is 57.7 Å². The third-order valence-corrected chi connectivity index (χ3v) is 7.11. The third kappa shape index (κ3) is 4.18. The van der Waals surface area contributed by atoms with E-state index >= 15 is 0 Å². The van der Waals surface area contributed by atoms with E-state index in [1.54, 1.807) is 36.9 Å². The number of hydrogen-bond acceptors (Lipinski definition) is 3. The summed E-state index contributed by atoms with van der Waals surface area (Å²) in [4.78, 5) is 14.8. The lowest BCUT2D eigenvalue weighted by Crippen LogP contribution is -2.35. The Morgan fingerprint density at radius 3 is 2.36 bits per heavy atom. The SMILES string of the molecule is CCN(CC)S(=O)(=O)c1cccc(C(=O)N2CC=C(c3ccccc3)CC2)c1. The molecule has 1 amide bonds. The van der Waals surface area contributed by atoms with Gasteiger partial charge in [-0.15, -0.1) is 0 Å². The van der Waals surface area contributed by atoms with Crippen LogP contribution in [0, 0.1) is 0 Å². The summed E-state index contributed by atoms with van der Waals surface area (Å²) in [6.45, 7) is 5.55. The molecule has 0 bridgehead atoms. The second-order valence-electron chi connectivity index (χ2n) is 6.71. The van der Waals surface area contributed by atoms with Gasteiger partial charge in [-0.25, -0.2) is 8.42 Å². The highest BCUT2D eigenvalue weighted by molar-refractivity contribution is 7.89. The summed E-state index contributed by atoms with van der Waals surface area (Å²) < 4.78 is 26.9. The summed E-state index contributed by atoms with van der Waals surface area (Å²) in [7, 11) is -3.58. The monoisotopic (exact) mass is 398 g/mol. The average Bonchev–Trinajstić information content (AvgIpc) is 2.75. The summed E-state index contributed by atoms with van der Waals surface area (Å²) in [6, 6.07) is 16.5. The molecule has 0 aliphatic carbocycles. The Bertz CT molecular complexity index is 964. The fraction of sp³-hybridized carbons (Fsp3) is 0.318. The standard InChI is InChI=1S/C22H26N2O3S/c1-3-24(4-2)28(26,27)21-12-8-11-20(17-21)22(25)23-15-13-19(14-16-23)18-9-6-5-7-10-18/h5-13,17H,3-4,14-16H2,1-2H3. The largest absolute Gasteiger partial charge is 0.335 e. The highest BCUT2D eigenvalue weighted by Gasteiger charge is 2.24. The highest BCUT2D eigenvalue weighted by Crippen LogP contribution is 2.24. The van der Waals surface area contributed by atoms with Gasteiger partial charge in [-0.05, 0) is 35.8 Å². The zero-order chi connectivity index (χ0) is 20.1. The minimum Gasteiger partial charge on any atom is -0.335 e. The maximum Gasteiger partial charge on any atom is 0.254 e. The summed E-state index contributed by atoms with van der Waals surface area (Å²) in [5.74, 6) is -0.139. The van der Waals surface area contributed by atoms with Gasteiger partial charge in [0.15, 0.2) is 0 Å². The van der Waals surface area contributed by atoms with E-state index in [0.29, 0.717) is 31.7 Å². The molecule has 148 valence electrons. The molecule has 0 atom stereocenters. The lowest BCUT2D eigenvalue weighted by molar-refractivity contribution is 0.0772. The number of benzene rings is 2. The zero-order valence-electron chi connectivity index (χ0n) is 16.3. The first-order chi connectivity index (χ1) is 13.5. The molecule has 0 saturated heterocycles. The van der Waals surface area contributed by atoms with Crippen LogP contribution >= 0.6 is 0 Å². The van der Waals surface area contributed by atoms with Crippen molar-refractivity contribution in [2.24, 2.45) is 0 Å². The van der Waals surface area contributed by atoms with E-state index in [4.69, 9.17) is 0 Å². The van der Waals surface area contributed by atoms with Gasteiger partial charge in [0, 0.05) is 31.7 Å². The predicted octanol–water partition coefficient (Wildman–Crippen LogP) is 3.65. The minimum atomic E-state index is -3.58. The van der Waals surface area contributed by atoms with E-state index in [1.165, 1.54) is 21.5 Å². The maximum atomic E-state index is 12.9. The molecule has 5 nitrogen and oxygen atoms in total. The van der Waals surface area contributed by atoms with Crippen LogP contribution in [0.15, 0.2) is 65.6 Å². The van der Waals surface area contributed by atoms with Gasteiger partial charge in [-0.2, -0.15) is 4.31 Å². The second-order valence-corrected chi connectivity index (χ2v) is 8.65. The van der Waals surface area contributed by atoms with E-state index in [-0.39, 0.29) is 10.8 Å². The molecule has 1 aliphatic heterocycles. The molecule has 6 heteroatoms. The van der Waals surface area contributed by atoms with Crippen LogP contribution in [-0.4, -0.2) is 49.7 Å². The van der Waals surface area contributed by atoms with Crippen LogP contribution in [-0.2, 0) is 10.0 Å². The Kier molecular flexibility index (Phi) is 6.31. The number of amides is 1. The summed E-state index contributed by atoms with van der Waals surface area (Å²) >= 11 is 0. The van der Waals surface area contributed by atoms with Gasteiger partial charge < -0.3 is 4.90 Å². The molecule has 28 heavy (non-hydrogen) atoms. The van der Waals surface area contributed by atoms with E-state index in [9.17, 15) is 13.2 Å². The molecular weight excluding hydrogens is 372 g/mol. The van der Waals surface area contributed by atoms with Crippen molar-refractivity contribution in [2.75, 3.05) is 26.2 Å². The summed E-state index contributed by atoms with van der Waals surface area (Å²) in [6.07, 6.45) is 2.86.